The van der Waals surface area contributed by atoms with Gasteiger partial charge in [0.2, 0.25) is 6.04 Å². The molecule has 0 aromatic heterocycles. The van der Waals surface area contributed by atoms with Gasteiger partial charge in [-0.2, -0.15) is 0 Å². The molecule has 2 unspecified atom stereocenters. The van der Waals surface area contributed by atoms with Crippen molar-refractivity contribution in [1.82, 2.24) is 0 Å². The third-order valence-corrected chi connectivity index (χ3v) is 2.73. The lowest BCUT2D eigenvalue weighted by Gasteiger charge is -2.18. The molecule has 0 amide bonds. The van der Waals surface area contributed by atoms with Gasteiger partial charge < -0.3 is 4.79 Å². The molecule has 0 aromatic rings. The van der Waals surface area contributed by atoms with Crippen LogP contribution in [-0.2, 0) is 4.79 Å². The molecule has 13 heavy (non-hydrogen) atoms. The minimum atomic E-state index is -0.627. The van der Waals surface area contributed by atoms with Crippen molar-refractivity contribution in [2.45, 2.75) is 44.6 Å². The second kappa shape index (κ2) is 4.94. The summed E-state index contributed by atoms with van der Waals surface area (Å²) < 4.78 is 0. The highest BCUT2D eigenvalue weighted by atomic mass is 16.6. The minimum Gasteiger partial charge on any atom is -0.303 e. The Morgan fingerprint density at radius 3 is 2.31 bits per heavy atom. The summed E-state index contributed by atoms with van der Waals surface area (Å²) in [6, 6.07) is -0.627. The molecule has 1 saturated carbocycles. The SMILES string of the molecule is O=CC1CCCCCCC1[N+](=O)[O-]. The Kier molecular flexibility index (Phi) is 3.86. The number of aldehydes is 1. The molecule has 0 bridgehead atoms. The van der Waals surface area contributed by atoms with E-state index in [9.17, 15) is 14.9 Å². The fraction of sp³-hybridized carbons (Fsp3) is 0.889. The van der Waals surface area contributed by atoms with Crippen LogP contribution in [0.1, 0.15) is 38.5 Å². The van der Waals surface area contributed by atoms with Gasteiger partial charge in [0.05, 0.1) is 5.92 Å². The highest BCUT2D eigenvalue weighted by molar-refractivity contribution is 5.54. The summed E-state index contributed by atoms with van der Waals surface area (Å²) in [5.74, 6) is -0.352. The summed E-state index contributed by atoms with van der Waals surface area (Å²) in [6.45, 7) is 0. The van der Waals surface area contributed by atoms with E-state index >= 15 is 0 Å². The van der Waals surface area contributed by atoms with Crippen LogP contribution in [-0.4, -0.2) is 17.3 Å². The fourth-order valence-electron chi connectivity index (χ4n) is 1.91. The molecule has 4 nitrogen and oxygen atoms in total. The van der Waals surface area contributed by atoms with Crippen molar-refractivity contribution >= 4 is 6.29 Å². The smallest absolute Gasteiger partial charge is 0.222 e. The molecule has 1 fully saturated rings. The molecule has 74 valence electrons. The Morgan fingerprint density at radius 1 is 1.15 bits per heavy atom. The van der Waals surface area contributed by atoms with E-state index in [1.54, 1.807) is 0 Å². The number of hydrogen-bond donors (Lipinski definition) is 0. The van der Waals surface area contributed by atoms with Gasteiger partial charge in [-0.1, -0.05) is 19.3 Å². The number of nitrogens with zero attached hydrogens (tertiary/aromatic N) is 1. The maximum Gasteiger partial charge on any atom is 0.222 e. The van der Waals surface area contributed by atoms with Crippen LogP contribution in [0.3, 0.4) is 0 Å². The zero-order chi connectivity index (χ0) is 9.68. The molecule has 4 heteroatoms. The predicted octanol–water partition coefficient (Wildman–Crippen LogP) is 1.80. The molecule has 1 aliphatic carbocycles. The average molecular weight is 185 g/mol. The van der Waals surface area contributed by atoms with Crippen molar-refractivity contribution in [3.63, 3.8) is 0 Å². The van der Waals surface area contributed by atoms with Gasteiger partial charge in [-0.05, 0) is 12.8 Å². The topological polar surface area (TPSA) is 60.2 Å². The van der Waals surface area contributed by atoms with Crippen molar-refractivity contribution in [3.05, 3.63) is 10.1 Å². The van der Waals surface area contributed by atoms with E-state index in [1.807, 2.05) is 0 Å². The van der Waals surface area contributed by atoms with Crippen molar-refractivity contribution in [2.75, 3.05) is 0 Å². The number of rotatable bonds is 2. The van der Waals surface area contributed by atoms with Crippen LogP contribution in [0.15, 0.2) is 0 Å². The zero-order valence-corrected chi connectivity index (χ0v) is 7.65. The average Bonchev–Trinajstić information content (AvgIpc) is 2.03. The van der Waals surface area contributed by atoms with E-state index in [2.05, 4.69) is 0 Å². The molecule has 2 atom stereocenters. The van der Waals surface area contributed by atoms with E-state index in [4.69, 9.17) is 0 Å². The molecule has 0 heterocycles. The second-order valence-corrected chi connectivity index (χ2v) is 3.64. The molecule has 0 N–H and O–H groups in total. The standard InChI is InChI=1S/C9H15NO3/c11-7-8-5-3-1-2-4-6-9(8)10(12)13/h7-9H,1-6H2. The van der Waals surface area contributed by atoms with Crippen LogP contribution >= 0.6 is 0 Å². The minimum absolute atomic E-state index is 0.287. The monoisotopic (exact) mass is 185 g/mol. The van der Waals surface area contributed by atoms with Crippen molar-refractivity contribution < 1.29 is 9.72 Å². The summed E-state index contributed by atoms with van der Waals surface area (Å²) >= 11 is 0. The molecule has 0 aromatic carbocycles. The third-order valence-electron chi connectivity index (χ3n) is 2.73. The molecule has 0 aliphatic heterocycles. The van der Waals surface area contributed by atoms with Crippen LogP contribution < -0.4 is 0 Å². The van der Waals surface area contributed by atoms with Crippen molar-refractivity contribution in [1.29, 1.82) is 0 Å². The first-order valence-electron chi connectivity index (χ1n) is 4.84. The van der Waals surface area contributed by atoms with E-state index in [0.29, 0.717) is 12.8 Å². The summed E-state index contributed by atoms with van der Waals surface area (Å²) in [4.78, 5) is 21.0. The first kappa shape index (κ1) is 10.2. The maximum atomic E-state index is 10.6. The molecule has 0 radical (unpaired) electrons. The van der Waals surface area contributed by atoms with Crippen LogP contribution in [0.4, 0.5) is 0 Å². The number of carbonyl (C=O) groups is 1. The Morgan fingerprint density at radius 2 is 1.77 bits per heavy atom. The number of hydrogen-bond acceptors (Lipinski definition) is 3. The highest BCUT2D eigenvalue weighted by Gasteiger charge is 2.31. The number of nitro groups is 1. The highest BCUT2D eigenvalue weighted by Crippen LogP contribution is 2.23. The van der Waals surface area contributed by atoms with Crippen LogP contribution in [0.2, 0.25) is 0 Å². The van der Waals surface area contributed by atoms with E-state index in [-0.39, 0.29) is 10.8 Å². The summed E-state index contributed by atoms with van der Waals surface area (Å²) in [7, 11) is 0. The van der Waals surface area contributed by atoms with E-state index < -0.39 is 6.04 Å². The van der Waals surface area contributed by atoms with Crippen molar-refractivity contribution in [3.8, 4) is 0 Å². The lowest BCUT2D eigenvalue weighted by molar-refractivity contribution is -0.530. The van der Waals surface area contributed by atoms with E-state index in [1.165, 1.54) is 0 Å². The molecule has 1 rings (SSSR count). The van der Waals surface area contributed by atoms with Gasteiger partial charge in [-0.3, -0.25) is 10.1 Å². The van der Waals surface area contributed by atoms with E-state index in [0.717, 1.165) is 32.0 Å². The summed E-state index contributed by atoms with van der Waals surface area (Å²) in [6.07, 6.45) is 6.03. The number of carbonyl (C=O) groups excluding carboxylic acids is 1. The molecule has 0 spiro atoms. The lowest BCUT2D eigenvalue weighted by Crippen LogP contribution is -2.31. The van der Waals surface area contributed by atoms with Gasteiger partial charge in [0.25, 0.3) is 0 Å². The quantitative estimate of drug-likeness (QED) is 0.374. The summed E-state index contributed by atoms with van der Waals surface area (Å²) in [5, 5.41) is 10.6. The first-order chi connectivity index (χ1) is 6.25. The molecule has 0 saturated heterocycles. The Hall–Kier alpha value is -0.930. The Bertz CT molecular complexity index is 193. The largest absolute Gasteiger partial charge is 0.303 e. The first-order valence-corrected chi connectivity index (χ1v) is 4.84. The van der Waals surface area contributed by atoms with Crippen molar-refractivity contribution in [2.24, 2.45) is 5.92 Å². The predicted molar refractivity (Wildman–Crippen MR) is 48.0 cm³/mol. The van der Waals surface area contributed by atoms with Crippen LogP contribution in [0.5, 0.6) is 0 Å². The zero-order valence-electron chi connectivity index (χ0n) is 7.65. The third kappa shape index (κ3) is 2.79. The Balaban J connectivity index is 2.60. The fourth-order valence-corrected chi connectivity index (χ4v) is 1.91. The second-order valence-electron chi connectivity index (χ2n) is 3.64. The van der Waals surface area contributed by atoms with Gasteiger partial charge in [0.1, 0.15) is 6.29 Å². The van der Waals surface area contributed by atoms with Gasteiger partial charge >= 0.3 is 0 Å². The molecular formula is C9H15NO3. The van der Waals surface area contributed by atoms with Gasteiger partial charge in [-0.25, -0.2) is 0 Å². The molecular weight excluding hydrogens is 170 g/mol. The lowest BCUT2D eigenvalue weighted by atomic mass is 9.88. The molecule has 1 aliphatic rings. The van der Waals surface area contributed by atoms with Gasteiger partial charge in [0.15, 0.2) is 0 Å². The normalized spacial score (nSPS) is 30.2. The Labute approximate surface area is 77.5 Å². The summed E-state index contributed by atoms with van der Waals surface area (Å²) in [5.41, 5.74) is 0. The maximum absolute atomic E-state index is 10.6. The van der Waals surface area contributed by atoms with Gasteiger partial charge in [-0.15, -0.1) is 0 Å². The van der Waals surface area contributed by atoms with Crippen LogP contribution in [0.25, 0.3) is 0 Å². The van der Waals surface area contributed by atoms with Gasteiger partial charge in [0, 0.05) is 11.3 Å². The van der Waals surface area contributed by atoms with Crippen LogP contribution in [0, 0.1) is 16.0 Å².